The van der Waals surface area contributed by atoms with Gasteiger partial charge in [0.05, 0.1) is 22.6 Å². The quantitative estimate of drug-likeness (QED) is 0.563. The lowest BCUT2D eigenvalue weighted by atomic mass is 10.1. The molecule has 0 saturated carbocycles. The van der Waals surface area contributed by atoms with E-state index in [-0.39, 0.29) is 11.3 Å². The van der Waals surface area contributed by atoms with Gasteiger partial charge in [0.15, 0.2) is 0 Å². The van der Waals surface area contributed by atoms with Gasteiger partial charge in [-0.15, -0.1) is 0 Å². The summed E-state index contributed by atoms with van der Waals surface area (Å²) in [6, 6.07) is 4.67. The number of rotatable bonds is 6. The molecule has 0 aliphatic carbocycles. The summed E-state index contributed by atoms with van der Waals surface area (Å²) in [4.78, 5) is 10.7. The van der Waals surface area contributed by atoms with Crippen LogP contribution in [-0.2, 0) is 21.9 Å². The second kappa shape index (κ2) is 8.46. The minimum absolute atomic E-state index is 0.0310. The Kier molecular flexibility index (Phi) is 6.52. The molecule has 0 atom stereocenters. The average Bonchev–Trinajstić information content (AvgIpc) is 2.82. The zero-order valence-corrected chi connectivity index (χ0v) is 16.8. The number of anilines is 1. The molecule has 2 N–H and O–H groups in total. The summed E-state index contributed by atoms with van der Waals surface area (Å²) < 4.78 is 29.7. The number of hydrogen-bond acceptors (Lipinski definition) is 4. The minimum atomic E-state index is -3.86. The third-order valence-electron chi connectivity index (χ3n) is 3.85. The Morgan fingerprint density at radius 2 is 2.07 bits per heavy atom. The summed E-state index contributed by atoms with van der Waals surface area (Å²) >= 11 is 6.00. The molecule has 144 valence electrons. The molecule has 0 unspecified atom stereocenters. The number of benzene rings is 1. The Balaban J connectivity index is 2.31. The van der Waals surface area contributed by atoms with Crippen molar-refractivity contribution in [2.45, 2.75) is 38.0 Å². The summed E-state index contributed by atoms with van der Waals surface area (Å²) in [7, 11) is -2.18. The average molecular weight is 410 g/mol. The molecule has 0 fully saturated rings. The maximum atomic E-state index is 12.8. The molecule has 0 bridgehead atoms. The summed E-state index contributed by atoms with van der Waals surface area (Å²) in [5.74, 6) is 4.84. The SMILES string of the molecule is Cc1nn(C)c(C)c1S(=O)(=O)Nc1ccc(Cl)cc1C#CCCCC(=O)O. The number of nitrogens with one attached hydrogen (secondary N) is 1. The fourth-order valence-electron chi connectivity index (χ4n) is 2.53. The summed E-state index contributed by atoms with van der Waals surface area (Å²) in [5, 5.41) is 13.2. The van der Waals surface area contributed by atoms with Crippen molar-refractivity contribution in [3.8, 4) is 11.8 Å². The number of aromatic nitrogens is 2. The second-order valence-electron chi connectivity index (χ2n) is 5.97. The van der Waals surface area contributed by atoms with Gasteiger partial charge in [0.2, 0.25) is 0 Å². The number of aliphatic carboxylic acids is 1. The predicted octanol–water partition coefficient (Wildman–Crippen LogP) is 3.10. The van der Waals surface area contributed by atoms with E-state index in [1.165, 1.54) is 4.68 Å². The van der Waals surface area contributed by atoms with E-state index in [0.717, 1.165) is 0 Å². The highest BCUT2D eigenvalue weighted by molar-refractivity contribution is 7.92. The smallest absolute Gasteiger partial charge is 0.303 e. The van der Waals surface area contributed by atoms with Gasteiger partial charge in [-0.3, -0.25) is 14.2 Å². The predicted molar refractivity (Wildman–Crippen MR) is 103 cm³/mol. The minimum Gasteiger partial charge on any atom is -0.481 e. The van der Waals surface area contributed by atoms with Crippen molar-refractivity contribution in [1.29, 1.82) is 0 Å². The number of unbranched alkanes of at least 4 members (excludes halogenated alkanes) is 1. The van der Waals surface area contributed by atoms with Crippen molar-refractivity contribution < 1.29 is 18.3 Å². The van der Waals surface area contributed by atoms with E-state index < -0.39 is 16.0 Å². The maximum absolute atomic E-state index is 12.8. The number of hydrogen-bond donors (Lipinski definition) is 2. The van der Waals surface area contributed by atoms with Gasteiger partial charge in [0, 0.05) is 24.9 Å². The molecule has 0 saturated heterocycles. The molecule has 27 heavy (non-hydrogen) atoms. The van der Waals surface area contributed by atoms with Gasteiger partial charge in [-0.25, -0.2) is 8.42 Å². The number of nitrogens with zero attached hydrogens (tertiary/aromatic N) is 2. The van der Waals surface area contributed by atoms with Crippen molar-refractivity contribution in [3.63, 3.8) is 0 Å². The standard InChI is InChI=1S/C18H20ClN3O4S/c1-12-18(13(2)22(3)20-12)27(25,26)21-16-10-9-15(19)11-14(16)7-5-4-6-8-17(23)24/h9-11,21H,4,6,8H2,1-3H3,(H,23,24). The van der Waals surface area contributed by atoms with E-state index >= 15 is 0 Å². The number of carboxylic acids is 1. The van der Waals surface area contributed by atoms with Crippen molar-refractivity contribution in [2.75, 3.05) is 4.72 Å². The largest absolute Gasteiger partial charge is 0.481 e. The van der Waals surface area contributed by atoms with Crippen molar-refractivity contribution >= 4 is 33.3 Å². The van der Waals surface area contributed by atoms with Gasteiger partial charge in [-0.1, -0.05) is 23.4 Å². The normalized spacial score (nSPS) is 11.0. The first kappa shape index (κ1) is 20.8. The Hall–Kier alpha value is -2.50. The van der Waals surface area contributed by atoms with Crippen LogP contribution in [0.4, 0.5) is 5.69 Å². The molecule has 2 rings (SSSR count). The third-order valence-corrected chi connectivity index (χ3v) is 5.70. The molecule has 9 heteroatoms. The molecular formula is C18H20ClN3O4S. The van der Waals surface area contributed by atoms with Crippen LogP contribution in [0.3, 0.4) is 0 Å². The van der Waals surface area contributed by atoms with Crippen molar-refractivity contribution in [3.05, 3.63) is 40.2 Å². The van der Waals surface area contributed by atoms with E-state index in [9.17, 15) is 13.2 Å². The number of carbonyl (C=O) groups is 1. The first-order chi connectivity index (χ1) is 12.6. The van der Waals surface area contributed by atoms with Gasteiger partial charge >= 0.3 is 5.97 Å². The fourth-order valence-corrected chi connectivity index (χ4v) is 4.23. The summed E-state index contributed by atoms with van der Waals surface area (Å²) in [6.07, 6.45) is 0.827. The van der Waals surface area contributed by atoms with E-state index in [4.69, 9.17) is 16.7 Å². The number of sulfonamides is 1. The molecule has 0 aliphatic rings. The molecule has 1 aromatic carbocycles. The van der Waals surface area contributed by atoms with Crippen LogP contribution < -0.4 is 4.72 Å². The van der Waals surface area contributed by atoms with Crippen LogP contribution in [0.2, 0.25) is 5.02 Å². The zero-order chi connectivity index (χ0) is 20.2. The molecule has 7 nitrogen and oxygen atoms in total. The lowest BCUT2D eigenvalue weighted by Gasteiger charge is -2.10. The van der Waals surface area contributed by atoms with Crippen LogP contribution in [0, 0.1) is 25.7 Å². The fraction of sp³-hybridized carbons (Fsp3) is 0.333. The van der Waals surface area contributed by atoms with Crippen LogP contribution in [0.25, 0.3) is 0 Å². The molecule has 0 amide bonds. The van der Waals surface area contributed by atoms with Gasteiger partial charge in [0.1, 0.15) is 4.90 Å². The van der Waals surface area contributed by atoms with E-state index in [2.05, 4.69) is 21.7 Å². The molecule has 0 spiro atoms. The van der Waals surface area contributed by atoms with E-state index in [1.807, 2.05) is 0 Å². The van der Waals surface area contributed by atoms with Crippen LogP contribution in [0.1, 0.15) is 36.2 Å². The zero-order valence-electron chi connectivity index (χ0n) is 15.2. The van der Waals surface area contributed by atoms with E-state index in [1.54, 1.807) is 39.1 Å². The Morgan fingerprint density at radius 1 is 1.37 bits per heavy atom. The molecule has 1 aromatic heterocycles. The molecule has 0 aliphatic heterocycles. The van der Waals surface area contributed by atoms with Gasteiger partial charge in [0.25, 0.3) is 10.0 Å². The van der Waals surface area contributed by atoms with Gasteiger partial charge < -0.3 is 5.11 Å². The Morgan fingerprint density at radius 3 is 2.67 bits per heavy atom. The number of aryl methyl sites for hydroxylation is 2. The monoisotopic (exact) mass is 409 g/mol. The molecule has 1 heterocycles. The number of halogens is 1. The van der Waals surface area contributed by atoms with Gasteiger partial charge in [-0.05, 0) is 38.5 Å². The highest BCUT2D eigenvalue weighted by Crippen LogP contribution is 2.25. The second-order valence-corrected chi connectivity index (χ2v) is 8.02. The molecule has 2 aromatic rings. The lowest BCUT2D eigenvalue weighted by Crippen LogP contribution is -2.15. The van der Waals surface area contributed by atoms with Crippen molar-refractivity contribution in [2.24, 2.45) is 7.05 Å². The third kappa shape index (κ3) is 5.25. The molecular weight excluding hydrogens is 390 g/mol. The highest BCUT2D eigenvalue weighted by atomic mass is 35.5. The van der Waals surface area contributed by atoms with Crippen LogP contribution in [0.5, 0.6) is 0 Å². The first-order valence-electron chi connectivity index (χ1n) is 8.15. The summed E-state index contributed by atoms with van der Waals surface area (Å²) in [6.45, 7) is 3.31. The number of carboxylic acid groups (broad SMARTS) is 1. The van der Waals surface area contributed by atoms with Crippen LogP contribution >= 0.6 is 11.6 Å². The van der Waals surface area contributed by atoms with Crippen LogP contribution in [-0.4, -0.2) is 29.3 Å². The molecule has 0 radical (unpaired) electrons. The van der Waals surface area contributed by atoms with Crippen molar-refractivity contribution in [1.82, 2.24) is 9.78 Å². The van der Waals surface area contributed by atoms with Gasteiger partial charge in [-0.2, -0.15) is 5.10 Å². The summed E-state index contributed by atoms with van der Waals surface area (Å²) in [5.41, 5.74) is 1.64. The van der Waals surface area contributed by atoms with Crippen LogP contribution in [0.15, 0.2) is 23.1 Å². The Bertz CT molecular complexity index is 1030. The topological polar surface area (TPSA) is 101 Å². The lowest BCUT2D eigenvalue weighted by molar-refractivity contribution is -0.137. The highest BCUT2D eigenvalue weighted by Gasteiger charge is 2.24. The van der Waals surface area contributed by atoms with E-state index in [0.29, 0.717) is 40.5 Å². The first-order valence-corrected chi connectivity index (χ1v) is 10.0. The maximum Gasteiger partial charge on any atom is 0.303 e. The Labute approximate surface area is 163 Å².